The van der Waals surface area contributed by atoms with Gasteiger partial charge in [-0.05, 0) is 18.2 Å². The highest BCUT2D eigenvalue weighted by Gasteiger charge is 2.12. The minimum Gasteiger partial charge on any atom is -0.441 e. The molecule has 0 spiro atoms. The molecule has 0 aliphatic rings. The smallest absolute Gasteiger partial charge is 0.220 e. The van der Waals surface area contributed by atoms with Gasteiger partial charge in [0.25, 0.3) is 0 Å². The second-order valence-corrected chi connectivity index (χ2v) is 5.47. The molecule has 0 bridgehead atoms. The molecule has 6 heteroatoms. The predicted molar refractivity (Wildman–Crippen MR) is 88.5 cm³/mol. The number of halogens is 2. The van der Waals surface area contributed by atoms with Gasteiger partial charge in [0.2, 0.25) is 5.91 Å². The van der Waals surface area contributed by atoms with Crippen molar-refractivity contribution in [3.05, 3.63) is 77.8 Å². The average molecular weight is 342 g/mol. The van der Waals surface area contributed by atoms with Crippen molar-refractivity contribution in [2.75, 3.05) is 0 Å². The van der Waals surface area contributed by atoms with Gasteiger partial charge in [-0.2, -0.15) is 0 Å². The van der Waals surface area contributed by atoms with E-state index in [0.29, 0.717) is 22.8 Å². The van der Waals surface area contributed by atoms with Crippen molar-refractivity contribution in [3.63, 3.8) is 0 Å². The van der Waals surface area contributed by atoms with E-state index in [0.717, 1.165) is 0 Å². The molecule has 0 saturated carbocycles. The molecule has 128 valence electrons. The van der Waals surface area contributed by atoms with E-state index < -0.39 is 5.82 Å². The Labute approximate surface area is 143 Å². The number of oxazole rings is 1. The van der Waals surface area contributed by atoms with Gasteiger partial charge in [-0.15, -0.1) is 0 Å². The van der Waals surface area contributed by atoms with Crippen molar-refractivity contribution in [3.8, 4) is 11.3 Å². The number of aromatic nitrogens is 1. The first kappa shape index (κ1) is 16.8. The molecule has 25 heavy (non-hydrogen) atoms. The molecule has 1 amide bonds. The molecule has 0 saturated heterocycles. The van der Waals surface area contributed by atoms with Crippen LogP contribution in [0.3, 0.4) is 0 Å². The maximum atomic E-state index is 13.7. The first-order valence-corrected chi connectivity index (χ1v) is 7.83. The monoisotopic (exact) mass is 342 g/mol. The number of carbonyl (C=O) groups is 1. The molecule has 0 atom stereocenters. The van der Waals surface area contributed by atoms with Gasteiger partial charge in [0.1, 0.15) is 11.6 Å². The van der Waals surface area contributed by atoms with Crippen LogP contribution in [0.1, 0.15) is 17.9 Å². The molecule has 3 aromatic rings. The van der Waals surface area contributed by atoms with Crippen molar-refractivity contribution >= 4 is 5.91 Å². The van der Waals surface area contributed by atoms with Gasteiger partial charge in [-0.1, -0.05) is 30.3 Å². The molecule has 1 N–H and O–H groups in total. The summed E-state index contributed by atoms with van der Waals surface area (Å²) < 4.78 is 32.7. The number of hydrogen-bond acceptors (Lipinski definition) is 3. The Morgan fingerprint density at radius 1 is 1.04 bits per heavy atom. The predicted octanol–water partition coefficient (Wildman–Crippen LogP) is 3.87. The van der Waals surface area contributed by atoms with Gasteiger partial charge in [0.05, 0.1) is 11.8 Å². The minimum absolute atomic E-state index is 0.123. The zero-order chi connectivity index (χ0) is 17.6. The van der Waals surface area contributed by atoms with E-state index in [2.05, 4.69) is 10.3 Å². The van der Waals surface area contributed by atoms with Gasteiger partial charge in [0, 0.05) is 24.9 Å². The van der Waals surface area contributed by atoms with Crippen LogP contribution in [-0.2, 0) is 17.8 Å². The van der Waals surface area contributed by atoms with Crippen molar-refractivity contribution in [2.45, 2.75) is 19.4 Å². The molecule has 2 aromatic carbocycles. The maximum Gasteiger partial charge on any atom is 0.220 e. The lowest BCUT2D eigenvalue weighted by Crippen LogP contribution is -2.23. The zero-order valence-corrected chi connectivity index (χ0v) is 13.3. The highest BCUT2D eigenvalue weighted by atomic mass is 19.1. The third-order valence-electron chi connectivity index (χ3n) is 3.69. The van der Waals surface area contributed by atoms with Crippen LogP contribution in [0.5, 0.6) is 0 Å². The molecule has 1 aromatic heterocycles. The van der Waals surface area contributed by atoms with Gasteiger partial charge >= 0.3 is 0 Å². The number of aryl methyl sites for hydroxylation is 1. The topological polar surface area (TPSA) is 55.1 Å². The second-order valence-electron chi connectivity index (χ2n) is 5.47. The van der Waals surface area contributed by atoms with Crippen LogP contribution in [0.15, 0.2) is 59.1 Å². The Hall–Kier alpha value is -3.02. The van der Waals surface area contributed by atoms with Crippen molar-refractivity contribution < 1.29 is 18.0 Å². The number of benzene rings is 2. The molecule has 4 nitrogen and oxygen atoms in total. The van der Waals surface area contributed by atoms with Gasteiger partial charge < -0.3 is 9.73 Å². The number of hydrogen-bond donors (Lipinski definition) is 1. The van der Waals surface area contributed by atoms with E-state index in [9.17, 15) is 13.6 Å². The molecule has 0 radical (unpaired) electrons. The number of nitrogens with zero attached hydrogens (tertiary/aromatic N) is 1. The van der Waals surface area contributed by atoms with Crippen LogP contribution in [0.4, 0.5) is 8.78 Å². The highest BCUT2D eigenvalue weighted by Crippen LogP contribution is 2.23. The summed E-state index contributed by atoms with van der Waals surface area (Å²) in [4.78, 5) is 15.9. The van der Waals surface area contributed by atoms with E-state index in [4.69, 9.17) is 4.42 Å². The summed E-state index contributed by atoms with van der Waals surface area (Å²) in [5.74, 6) is -0.328. The normalized spacial score (nSPS) is 10.6. The van der Waals surface area contributed by atoms with Crippen LogP contribution in [-0.4, -0.2) is 10.9 Å². The SMILES string of the molecule is O=C(CCc1ncc(-c2ccccc2F)o1)NCc1ccccc1F. The molecule has 0 aliphatic carbocycles. The summed E-state index contributed by atoms with van der Waals surface area (Å²) >= 11 is 0. The molecular weight excluding hydrogens is 326 g/mol. The van der Waals surface area contributed by atoms with Crippen molar-refractivity contribution in [1.29, 1.82) is 0 Å². The van der Waals surface area contributed by atoms with E-state index in [1.807, 2.05) is 0 Å². The first-order valence-electron chi connectivity index (χ1n) is 7.83. The summed E-state index contributed by atoms with van der Waals surface area (Å²) in [5.41, 5.74) is 0.749. The third-order valence-corrected chi connectivity index (χ3v) is 3.69. The first-order chi connectivity index (χ1) is 12.1. The van der Waals surface area contributed by atoms with Crippen LogP contribution < -0.4 is 5.32 Å². The molecule has 3 rings (SSSR count). The van der Waals surface area contributed by atoms with E-state index >= 15 is 0 Å². The summed E-state index contributed by atoms with van der Waals surface area (Å²) in [6.07, 6.45) is 1.86. The fourth-order valence-corrected chi connectivity index (χ4v) is 2.36. The third kappa shape index (κ3) is 4.29. The van der Waals surface area contributed by atoms with Gasteiger partial charge in [0.15, 0.2) is 11.7 Å². The number of carbonyl (C=O) groups excluding carboxylic acids is 1. The lowest BCUT2D eigenvalue weighted by molar-refractivity contribution is -0.121. The van der Waals surface area contributed by atoms with Crippen LogP contribution in [0.25, 0.3) is 11.3 Å². The Balaban J connectivity index is 1.53. The molecule has 0 fully saturated rings. The van der Waals surface area contributed by atoms with Crippen LogP contribution in [0, 0.1) is 11.6 Å². The fourth-order valence-electron chi connectivity index (χ4n) is 2.36. The standard InChI is InChI=1S/C19H16F2N2O2/c20-15-7-3-1-5-13(15)11-22-18(24)9-10-19-23-12-17(25-19)14-6-2-4-8-16(14)21/h1-8,12H,9-11H2,(H,22,24). The second kappa shape index (κ2) is 7.70. The average Bonchev–Trinajstić information content (AvgIpc) is 3.08. The quantitative estimate of drug-likeness (QED) is 0.740. The zero-order valence-electron chi connectivity index (χ0n) is 13.3. The Morgan fingerprint density at radius 2 is 1.76 bits per heavy atom. The number of amides is 1. The Morgan fingerprint density at radius 3 is 2.52 bits per heavy atom. The summed E-state index contributed by atoms with van der Waals surface area (Å²) in [7, 11) is 0. The van der Waals surface area contributed by atoms with E-state index in [1.165, 1.54) is 18.3 Å². The molecule has 1 heterocycles. The van der Waals surface area contributed by atoms with E-state index in [-0.39, 0.29) is 31.1 Å². The Kier molecular flexibility index (Phi) is 5.18. The van der Waals surface area contributed by atoms with E-state index in [1.54, 1.807) is 36.4 Å². The summed E-state index contributed by atoms with van der Waals surface area (Å²) in [6, 6.07) is 12.5. The summed E-state index contributed by atoms with van der Waals surface area (Å²) in [5, 5.41) is 2.65. The molecule has 0 unspecified atom stereocenters. The minimum atomic E-state index is -0.396. The number of nitrogens with one attached hydrogen (secondary N) is 1. The maximum absolute atomic E-state index is 13.7. The number of rotatable bonds is 6. The summed E-state index contributed by atoms with van der Waals surface area (Å²) in [6.45, 7) is 0.123. The van der Waals surface area contributed by atoms with Crippen molar-refractivity contribution in [2.24, 2.45) is 0 Å². The van der Waals surface area contributed by atoms with Crippen LogP contribution >= 0.6 is 0 Å². The fraction of sp³-hybridized carbons (Fsp3) is 0.158. The van der Waals surface area contributed by atoms with Crippen LogP contribution in [0.2, 0.25) is 0 Å². The van der Waals surface area contributed by atoms with Crippen molar-refractivity contribution in [1.82, 2.24) is 10.3 Å². The molecular formula is C19H16F2N2O2. The lowest BCUT2D eigenvalue weighted by atomic mass is 10.2. The lowest BCUT2D eigenvalue weighted by Gasteiger charge is -2.05. The van der Waals surface area contributed by atoms with Gasteiger partial charge in [-0.25, -0.2) is 13.8 Å². The largest absolute Gasteiger partial charge is 0.441 e. The highest BCUT2D eigenvalue weighted by molar-refractivity contribution is 5.76. The molecule has 0 aliphatic heterocycles. The van der Waals surface area contributed by atoms with Gasteiger partial charge in [-0.3, -0.25) is 4.79 Å². The Bertz CT molecular complexity index is 877.